The van der Waals surface area contributed by atoms with Gasteiger partial charge in [0, 0.05) is 7.11 Å². The van der Waals surface area contributed by atoms with E-state index >= 15 is 0 Å². The molecular weight excluding hydrogens is 408 g/mol. The second-order valence-electron chi connectivity index (χ2n) is 6.74. The van der Waals surface area contributed by atoms with Crippen molar-refractivity contribution in [3.8, 4) is 11.5 Å². The van der Waals surface area contributed by atoms with E-state index in [4.69, 9.17) is 18.9 Å². The summed E-state index contributed by atoms with van der Waals surface area (Å²) in [4.78, 5) is 32.0. The predicted molar refractivity (Wildman–Crippen MR) is 114 cm³/mol. The lowest BCUT2D eigenvalue weighted by Gasteiger charge is -2.33. The summed E-state index contributed by atoms with van der Waals surface area (Å²) >= 11 is 1.38. The van der Waals surface area contributed by atoms with E-state index in [9.17, 15) is 9.59 Å². The van der Waals surface area contributed by atoms with E-state index in [0.717, 1.165) is 0 Å². The Bertz CT molecular complexity index is 897. The van der Waals surface area contributed by atoms with E-state index in [-0.39, 0.29) is 24.4 Å². The molecule has 9 heteroatoms. The lowest BCUT2D eigenvalue weighted by atomic mass is 9.94. The summed E-state index contributed by atoms with van der Waals surface area (Å²) in [6.45, 7) is 6.36. The Balaban J connectivity index is 2.07. The van der Waals surface area contributed by atoms with Crippen LogP contribution >= 0.6 is 11.8 Å². The van der Waals surface area contributed by atoms with E-state index in [1.54, 1.807) is 31.1 Å². The van der Waals surface area contributed by atoms with Gasteiger partial charge in [-0.3, -0.25) is 9.69 Å². The fourth-order valence-corrected chi connectivity index (χ4v) is 4.43. The molecule has 0 radical (unpaired) electrons. The number of hydrogen-bond acceptors (Lipinski definition) is 8. The molecule has 162 valence electrons. The van der Waals surface area contributed by atoms with Crippen molar-refractivity contribution in [1.29, 1.82) is 0 Å². The molecule has 8 nitrogen and oxygen atoms in total. The van der Waals surface area contributed by atoms with E-state index < -0.39 is 12.0 Å². The predicted octanol–water partition coefficient (Wildman–Crippen LogP) is 2.93. The standard InChI is InChI=1S/C21H26N2O6S/c1-6-28-15-8-7-14(11-16(15)27-5)18-17(20(25)29-10-9-26-4)12(2)22-21-23(18)19(24)13(3)30-21/h7-8,11,13,18H,6,9-10H2,1-5H3. The molecule has 2 aliphatic rings. The highest BCUT2D eigenvalue weighted by Crippen LogP contribution is 2.44. The first kappa shape index (κ1) is 22.2. The van der Waals surface area contributed by atoms with Crippen LogP contribution in [0.1, 0.15) is 32.4 Å². The van der Waals surface area contributed by atoms with Crippen molar-refractivity contribution < 1.29 is 28.5 Å². The molecule has 1 amide bonds. The molecule has 0 N–H and O–H groups in total. The quantitative estimate of drug-likeness (QED) is 0.459. The smallest absolute Gasteiger partial charge is 0.338 e. The number of allylic oxidation sites excluding steroid dienone is 1. The number of esters is 1. The van der Waals surface area contributed by atoms with Gasteiger partial charge in [0.2, 0.25) is 5.91 Å². The lowest BCUT2D eigenvalue weighted by molar-refractivity contribution is -0.141. The van der Waals surface area contributed by atoms with Crippen LogP contribution in [0.15, 0.2) is 34.5 Å². The molecule has 2 aliphatic heterocycles. The molecule has 0 bridgehead atoms. The summed E-state index contributed by atoms with van der Waals surface area (Å²) < 4.78 is 21.4. The molecule has 2 heterocycles. The number of fused-ring (bicyclic) bond motifs is 1. The number of methoxy groups -OCH3 is 2. The number of amidine groups is 1. The third kappa shape index (κ3) is 4.17. The molecule has 1 aromatic rings. The summed E-state index contributed by atoms with van der Waals surface area (Å²) in [7, 11) is 3.08. The summed E-state index contributed by atoms with van der Waals surface area (Å²) in [5, 5.41) is 0.295. The number of carbonyl (C=O) groups is 2. The zero-order valence-corrected chi connectivity index (χ0v) is 18.6. The van der Waals surface area contributed by atoms with Gasteiger partial charge < -0.3 is 18.9 Å². The fourth-order valence-electron chi connectivity index (χ4n) is 3.40. The Morgan fingerprint density at radius 1 is 1.23 bits per heavy atom. The van der Waals surface area contributed by atoms with Gasteiger partial charge in [-0.15, -0.1) is 0 Å². The van der Waals surface area contributed by atoms with Gasteiger partial charge in [0.25, 0.3) is 0 Å². The number of hydrogen-bond donors (Lipinski definition) is 0. The van der Waals surface area contributed by atoms with Crippen molar-refractivity contribution in [3.05, 3.63) is 35.0 Å². The third-order valence-electron chi connectivity index (χ3n) is 4.80. The van der Waals surface area contributed by atoms with Crippen LogP contribution in [0.2, 0.25) is 0 Å². The van der Waals surface area contributed by atoms with Gasteiger partial charge in [-0.25, -0.2) is 9.79 Å². The Morgan fingerprint density at radius 2 is 2.00 bits per heavy atom. The summed E-state index contributed by atoms with van der Waals surface area (Å²) in [5.41, 5.74) is 1.56. The lowest BCUT2D eigenvalue weighted by Crippen LogP contribution is -2.40. The number of rotatable bonds is 8. The number of nitrogens with zero attached hydrogens (tertiary/aromatic N) is 2. The minimum Gasteiger partial charge on any atom is -0.493 e. The number of ether oxygens (including phenoxy) is 4. The maximum absolute atomic E-state index is 13.0. The zero-order chi connectivity index (χ0) is 21.8. The maximum Gasteiger partial charge on any atom is 0.338 e. The van der Waals surface area contributed by atoms with Crippen molar-refractivity contribution in [2.24, 2.45) is 4.99 Å². The molecule has 1 aromatic carbocycles. The Hall–Kier alpha value is -2.52. The highest BCUT2D eigenvalue weighted by Gasteiger charge is 2.46. The molecule has 1 fully saturated rings. The van der Waals surface area contributed by atoms with Crippen LogP contribution < -0.4 is 9.47 Å². The Labute approximate surface area is 180 Å². The van der Waals surface area contributed by atoms with Crippen molar-refractivity contribution >= 4 is 28.8 Å². The largest absolute Gasteiger partial charge is 0.493 e. The molecule has 0 saturated carbocycles. The van der Waals surface area contributed by atoms with Crippen molar-refractivity contribution in [2.75, 3.05) is 34.0 Å². The SMILES string of the molecule is CCOc1ccc(C2C(C(=O)OCCOC)=C(C)N=C3SC(C)C(=O)N32)cc1OC. The fraction of sp³-hybridized carbons (Fsp3) is 0.476. The Morgan fingerprint density at radius 3 is 2.67 bits per heavy atom. The molecule has 3 rings (SSSR count). The van der Waals surface area contributed by atoms with Gasteiger partial charge in [-0.1, -0.05) is 17.8 Å². The van der Waals surface area contributed by atoms with Crippen LogP contribution in [0.5, 0.6) is 11.5 Å². The van der Waals surface area contributed by atoms with E-state index in [0.29, 0.717) is 40.1 Å². The van der Waals surface area contributed by atoms with Gasteiger partial charge in [-0.05, 0) is 38.5 Å². The van der Waals surface area contributed by atoms with Crippen molar-refractivity contribution in [2.45, 2.75) is 32.1 Å². The van der Waals surface area contributed by atoms with Crippen molar-refractivity contribution in [3.63, 3.8) is 0 Å². The van der Waals surface area contributed by atoms with Crippen LogP contribution in [0, 0.1) is 0 Å². The second kappa shape index (κ2) is 9.53. The number of thioether (sulfide) groups is 1. The molecule has 2 unspecified atom stereocenters. The van der Waals surface area contributed by atoms with Crippen LogP contribution in [0.4, 0.5) is 0 Å². The topological polar surface area (TPSA) is 86.7 Å². The number of aliphatic imine (C=N–C) groups is 1. The van der Waals surface area contributed by atoms with Crippen LogP contribution in [-0.2, 0) is 19.1 Å². The van der Waals surface area contributed by atoms with Gasteiger partial charge >= 0.3 is 5.97 Å². The molecule has 0 aromatic heterocycles. The van der Waals surface area contributed by atoms with Gasteiger partial charge in [-0.2, -0.15) is 0 Å². The van der Waals surface area contributed by atoms with Gasteiger partial charge in [0.15, 0.2) is 16.7 Å². The van der Waals surface area contributed by atoms with E-state index in [1.807, 2.05) is 19.9 Å². The first-order valence-electron chi connectivity index (χ1n) is 9.68. The number of carbonyl (C=O) groups excluding carboxylic acids is 2. The Kier molecular flexibility index (Phi) is 7.04. The van der Waals surface area contributed by atoms with Crippen molar-refractivity contribution in [1.82, 2.24) is 4.90 Å². The normalized spacial score (nSPS) is 20.8. The van der Waals surface area contributed by atoms with Crippen LogP contribution in [-0.4, -0.2) is 61.2 Å². The molecule has 1 saturated heterocycles. The monoisotopic (exact) mass is 434 g/mol. The van der Waals surface area contributed by atoms with Gasteiger partial charge in [0.05, 0.1) is 42.9 Å². The first-order valence-corrected chi connectivity index (χ1v) is 10.6. The minimum absolute atomic E-state index is 0.105. The van der Waals surface area contributed by atoms with Gasteiger partial charge in [0.1, 0.15) is 6.61 Å². The van der Waals surface area contributed by atoms with E-state index in [1.165, 1.54) is 18.9 Å². The molecule has 0 spiro atoms. The highest BCUT2D eigenvalue weighted by atomic mass is 32.2. The van der Waals surface area contributed by atoms with Crippen LogP contribution in [0.3, 0.4) is 0 Å². The second-order valence-corrected chi connectivity index (χ2v) is 8.04. The molecular formula is C21H26N2O6S. The number of benzene rings is 1. The van der Waals surface area contributed by atoms with Crippen LogP contribution in [0.25, 0.3) is 0 Å². The average molecular weight is 435 g/mol. The summed E-state index contributed by atoms with van der Waals surface area (Å²) in [6, 6.07) is 4.73. The third-order valence-corrected chi connectivity index (χ3v) is 5.86. The summed E-state index contributed by atoms with van der Waals surface area (Å²) in [5.74, 6) is 0.484. The highest BCUT2D eigenvalue weighted by molar-refractivity contribution is 8.15. The summed E-state index contributed by atoms with van der Waals surface area (Å²) in [6.07, 6.45) is 0. The average Bonchev–Trinajstić information content (AvgIpc) is 3.00. The zero-order valence-electron chi connectivity index (χ0n) is 17.8. The van der Waals surface area contributed by atoms with E-state index in [2.05, 4.69) is 4.99 Å². The molecule has 0 aliphatic carbocycles. The molecule has 2 atom stereocenters. The molecule has 30 heavy (non-hydrogen) atoms. The number of amides is 1. The maximum atomic E-state index is 13.0. The minimum atomic E-state index is -0.665. The first-order chi connectivity index (χ1) is 14.4.